The van der Waals surface area contributed by atoms with E-state index in [1.165, 1.54) is 11.3 Å². The molecular weight excluding hydrogens is 270 g/mol. The summed E-state index contributed by atoms with van der Waals surface area (Å²) in [5.74, 6) is 0. The molecular formula is C19H23NSi. The molecule has 1 fully saturated rings. The van der Waals surface area contributed by atoms with Crippen molar-refractivity contribution < 1.29 is 0 Å². The van der Waals surface area contributed by atoms with Crippen molar-refractivity contribution in [1.29, 1.82) is 0 Å². The van der Waals surface area contributed by atoms with Crippen LogP contribution < -0.4 is 4.90 Å². The van der Waals surface area contributed by atoms with E-state index in [0.29, 0.717) is 12.1 Å². The van der Waals surface area contributed by atoms with Crippen LogP contribution in [-0.4, -0.2) is 14.1 Å². The summed E-state index contributed by atoms with van der Waals surface area (Å²) in [6, 6.07) is 22.6. The third-order valence-corrected chi connectivity index (χ3v) is 5.04. The van der Waals surface area contributed by atoms with Crippen molar-refractivity contribution in [3.8, 4) is 0 Å². The molecule has 3 rings (SSSR count). The fourth-order valence-corrected chi connectivity index (χ4v) is 3.55. The van der Waals surface area contributed by atoms with Gasteiger partial charge in [0.1, 0.15) is 0 Å². The summed E-state index contributed by atoms with van der Waals surface area (Å²) in [5, 5.41) is 0. The van der Waals surface area contributed by atoms with E-state index in [0.717, 1.165) is 0 Å². The predicted molar refractivity (Wildman–Crippen MR) is 94.4 cm³/mol. The molecule has 1 saturated heterocycles. The Morgan fingerprint density at radius 1 is 0.857 bits per heavy atom. The SMILES string of the molecule is C[Si](C)(C)/C=C/[C@@H]1[C@H](c2ccccc2)N1c1ccccc1. The Bertz CT molecular complexity index is 568. The molecule has 108 valence electrons. The number of nitrogens with zero attached hydrogens (tertiary/aromatic N) is 1. The summed E-state index contributed by atoms with van der Waals surface area (Å²) in [5.41, 5.74) is 5.19. The number of rotatable bonds is 4. The smallest absolute Gasteiger partial charge is 0.0789 e. The van der Waals surface area contributed by atoms with E-state index in [9.17, 15) is 0 Å². The average molecular weight is 293 g/mol. The Morgan fingerprint density at radius 3 is 2.00 bits per heavy atom. The highest BCUT2D eigenvalue weighted by Gasteiger charge is 2.46. The molecule has 2 aromatic carbocycles. The van der Waals surface area contributed by atoms with Gasteiger partial charge in [-0.3, -0.25) is 0 Å². The van der Waals surface area contributed by atoms with Crippen LogP contribution in [0.5, 0.6) is 0 Å². The van der Waals surface area contributed by atoms with E-state index in [1.54, 1.807) is 0 Å². The maximum Gasteiger partial charge on any atom is 0.0789 e. The van der Waals surface area contributed by atoms with E-state index in [1.807, 2.05) is 0 Å². The van der Waals surface area contributed by atoms with Crippen LogP contribution in [-0.2, 0) is 0 Å². The van der Waals surface area contributed by atoms with E-state index in [2.05, 4.69) is 97.0 Å². The standard InChI is InChI=1S/C19H23NSi/c1-21(2,3)15-14-18-19(16-10-6-4-7-11-16)20(18)17-12-8-5-9-13-17/h4-15,18-19H,1-3H3/b15-14+/t18-,19+,20?/m1/s1. The second-order valence-electron chi connectivity index (χ2n) is 6.81. The maximum absolute atomic E-state index is 2.51. The first kappa shape index (κ1) is 14.1. The lowest BCUT2D eigenvalue weighted by Gasteiger charge is -2.08. The highest BCUT2D eigenvalue weighted by molar-refractivity contribution is 6.80. The monoisotopic (exact) mass is 293 g/mol. The molecule has 21 heavy (non-hydrogen) atoms. The molecule has 0 unspecified atom stereocenters. The maximum atomic E-state index is 2.51. The molecule has 1 heterocycles. The van der Waals surface area contributed by atoms with Gasteiger partial charge in [-0.05, 0) is 17.7 Å². The minimum absolute atomic E-state index is 0.487. The topological polar surface area (TPSA) is 3.01 Å². The van der Waals surface area contributed by atoms with Crippen LogP contribution in [0.3, 0.4) is 0 Å². The Hall–Kier alpha value is -1.80. The Labute approximate surface area is 128 Å². The van der Waals surface area contributed by atoms with E-state index >= 15 is 0 Å². The highest BCUT2D eigenvalue weighted by atomic mass is 28.3. The molecule has 2 heteroatoms. The van der Waals surface area contributed by atoms with E-state index < -0.39 is 8.07 Å². The van der Waals surface area contributed by atoms with Crippen molar-refractivity contribution in [2.45, 2.75) is 31.7 Å². The van der Waals surface area contributed by atoms with Gasteiger partial charge in [-0.2, -0.15) is 0 Å². The van der Waals surface area contributed by atoms with Gasteiger partial charge in [0.2, 0.25) is 0 Å². The first-order valence-electron chi connectivity index (χ1n) is 7.64. The second-order valence-corrected chi connectivity index (χ2v) is 11.9. The molecule has 2 aromatic rings. The first-order chi connectivity index (χ1) is 10.1. The van der Waals surface area contributed by atoms with Gasteiger partial charge in [-0.1, -0.05) is 79.9 Å². The lowest BCUT2D eigenvalue weighted by Crippen LogP contribution is -2.16. The van der Waals surface area contributed by atoms with Gasteiger partial charge in [0.05, 0.1) is 20.2 Å². The van der Waals surface area contributed by atoms with Crippen molar-refractivity contribution in [1.82, 2.24) is 0 Å². The van der Waals surface area contributed by atoms with Crippen LogP contribution in [0.4, 0.5) is 5.69 Å². The van der Waals surface area contributed by atoms with Gasteiger partial charge in [-0.15, -0.1) is 0 Å². The summed E-state index contributed by atoms with van der Waals surface area (Å²) in [4.78, 5) is 2.51. The summed E-state index contributed by atoms with van der Waals surface area (Å²) < 4.78 is 0. The lowest BCUT2D eigenvalue weighted by atomic mass is 10.1. The molecule has 1 aliphatic heterocycles. The number of benzene rings is 2. The number of hydrogen-bond acceptors (Lipinski definition) is 1. The van der Waals surface area contributed by atoms with Gasteiger partial charge in [-0.25, -0.2) is 0 Å². The molecule has 0 aliphatic carbocycles. The Balaban J connectivity index is 1.88. The largest absolute Gasteiger partial charge is 0.353 e. The van der Waals surface area contributed by atoms with Gasteiger partial charge < -0.3 is 4.90 Å². The molecule has 0 bridgehead atoms. The molecule has 0 N–H and O–H groups in total. The average Bonchev–Trinajstić information content (AvgIpc) is 3.21. The molecule has 0 amide bonds. The second kappa shape index (κ2) is 5.53. The quantitative estimate of drug-likeness (QED) is 0.563. The fourth-order valence-electron chi connectivity index (χ4n) is 2.78. The highest BCUT2D eigenvalue weighted by Crippen LogP contribution is 2.47. The van der Waals surface area contributed by atoms with Crippen molar-refractivity contribution in [2.24, 2.45) is 0 Å². The predicted octanol–water partition coefficient (Wildman–Crippen LogP) is 5.05. The van der Waals surface area contributed by atoms with Crippen LogP contribution in [0.2, 0.25) is 19.6 Å². The van der Waals surface area contributed by atoms with Gasteiger partial charge in [0.25, 0.3) is 0 Å². The zero-order chi connectivity index (χ0) is 14.9. The van der Waals surface area contributed by atoms with Crippen LogP contribution in [0.1, 0.15) is 11.6 Å². The summed E-state index contributed by atoms with van der Waals surface area (Å²) >= 11 is 0. The molecule has 2 atom stereocenters. The fraction of sp³-hybridized carbons (Fsp3) is 0.263. The number of hydrogen-bond donors (Lipinski definition) is 0. The lowest BCUT2D eigenvalue weighted by molar-refractivity contribution is 1.09. The number of para-hydroxylation sites is 1. The van der Waals surface area contributed by atoms with Crippen molar-refractivity contribution in [2.75, 3.05) is 4.90 Å². The third-order valence-electron chi connectivity index (χ3n) is 3.84. The van der Waals surface area contributed by atoms with Crippen LogP contribution in [0.15, 0.2) is 72.4 Å². The van der Waals surface area contributed by atoms with Gasteiger partial charge in [0.15, 0.2) is 0 Å². The van der Waals surface area contributed by atoms with Crippen LogP contribution >= 0.6 is 0 Å². The van der Waals surface area contributed by atoms with Crippen molar-refractivity contribution in [3.05, 3.63) is 78.0 Å². The minimum atomic E-state index is -1.15. The zero-order valence-corrected chi connectivity index (χ0v) is 14.0. The van der Waals surface area contributed by atoms with Crippen molar-refractivity contribution in [3.63, 3.8) is 0 Å². The zero-order valence-electron chi connectivity index (χ0n) is 13.0. The Kier molecular flexibility index (Phi) is 3.73. The Morgan fingerprint density at radius 2 is 1.43 bits per heavy atom. The molecule has 0 aromatic heterocycles. The molecule has 0 saturated carbocycles. The number of anilines is 1. The summed E-state index contributed by atoms with van der Waals surface area (Å²) in [6.07, 6.45) is 2.43. The van der Waals surface area contributed by atoms with Gasteiger partial charge >= 0.3 is 0 Å². The summed E-state index contributed by atoms with van der Waals surface area (Å²) in [7, 11) is -1.15. The van der Waals surface area contributed by atoms with Crippen LogP contribution in [0, 0.1) is 0 Å². The third kappa shape index (κ3) is 3.27. The summed E-state index contributed by atoms with van der Waals surface area (Å²) in [6.45, 7) is 7.16. The first-order valence-corrected chi connectivity index (χ1v) is 11.2. The van der Waals surface area contributed by atoms with Crippen molar-refractivity contribution >= 4 is 13.8 Å². The minimum Gasteiger partial charge on any atom is -0.353 e. The van der Waals surface area contributed by atoms with Gasteiger partial charge in [0, 0.05) is 5.69 Å². The van der Waals surface area contributed by atoms with E-state index in [4.69, 9.17) is 0 Å². The molecule has 0 radical (unpaired) electrons. The molecule has 1 aliphatic rings. The molecule has 0 spiro atoms. The van der Waals surface area contributed by atoms with Crippen LogP contribution in [0.25, 0.3) is 0 Å². The van der Waals surface area contributed by atoms with E-state index in [-0.39, 0.29) is 0 Å². The molecule has 1 nitrogen and oxygen atoms in total. The normalized spacial score (nSPS) is 21.8.